The van der Waals surface area contributed by atoms with Gasteiger partial charge in [0.25, 0.3) is 5.91 Å². The van der Waals surface area contributed by atoms with E-state index in [1.54, 1.807) is 16.9 Å². The van der Waals surface area contributed by atoms with Gasteiger partial charge in [0.2, 0.25) is 0 Å². The van der Waals surface area contributed by atoms with Gasteiger partial charge in [-0.3, -0.25) is 9.69 Å². The Morgan fingerprint density at radius 1 is 1.17 bits per heavy atom. The Morgan fingerprint density at radius 2 is 1.92 bits per heavy atom. The van der Waals surface area contributed by atoms with Gasteiger partial charge in [0.15, 0.2) is 5.69 Å². The molecule has 1 aliphatic heterocycles. The van der Waals surface area contributed by atoms with Crippen LogP contribution < -0.4 is 5.73 Å². The van der Waals surface area contributed by atoms with E-state index < -0.39 is 0 Å². The molecule has 1 aliphatic rings. The summed E-state index contributed by atoms with van der Waals surface area (Å²) in [7, 11) is 0. The minimum absolute atomic E-state index is 0.0531. The Morgan fingerprint density at radius 3 is 2.62 bits per heavy atom. The molecule has 7 nitrogen and oxygen atoms in total. The van der Waals surface area contributed by atoms with Gasteiger partial charge in [-0.1, -0.05) is 18.2 Å². The van der Waals surface area contributed by atoms with Crippen molar-refractivity contribution in [3.8, 4) is 5.69 Å². The van der Waals surface area contributed by atoms with E-state index in [1.807, 2.05) is 29.2 Å². The van der Waals surface area contributed by atoms with Crippen LogP contribution >= 0.6 is 0 Å². The Bertz CT molecular complexity index is 692. The number of aliphatic hydroxyl groups is 1. The fourth-order valence-electron chi connectivity index (χ4n) is 2.96. The highest BCUT2D eigenvalue weighted by atomic mass is 16.3. The van der Waals surface area contributed by atoms with Crippen molar-refractivity contribution in [2.24, 2.45) is 5.73 Å². The highest BCUT2D eigenvalue weighted by Crippen LogP contribution is 2.15. The number of aliphatic hydroxyl groups excluding tert-OH is 1. The van der Waals surface area contributed by atoms with Gasteiger partial charge in [-0.25, -0.2) is 4.68 Å². The zero-order chi connectivity index (χ0) is 16.9. The van der Waals surface area contributed by atoms with E-state index in [9.17, 15) is 4.79 Å². The molecule has 1 fully saturated rings. The summed E-state index contributed by atoms with van der Waals surface area (Å²) in [4.78, 5) is 16.6. The summed E-state index contributed by atoms with van der Waals surface area (Å²) in [5.41, 5.74) is 8.09. The molecule has 0 bridgehead atoms. The van der Waals surface area contributed by atoms with Crippen LogP contribution in [0.2, 0.25) is 0 Å². The van der Waals surface area contributed by atoms with Crippen LogP contribution in [-0.2, 0) is 6.54 Å². The van der Waals surface area contributed by atoms with E-state index in [2.05, 4.69) is 10.00 Å². The molecule has 1 saturated heterocycles. The number of carbonyl (C=O) groups excluding carboxylic acids is 1. The van der Waals surface area contributed by atoms with Gasteiger partial charge < -0.3 is 15.7 Å². The Kier molecular flexibility index (Phi) is 5.24. The van der Waals surface area contributed by atoms with E-state index in [4.69, 9.17) is 10.8 Å². The first kappa shape index (κ1) is 16.6. The lowest BCUT2D eigenvalue weighted by Gasteiger charge is -2.33. The van der Waals surface area contributed by atoms with Crippen LogP contribution in [0.15, 0.2) is 36.5 Å². The van der Waals surface area contributed by atoms with E-state index in [0.717, 1.165) is 24.3 Å². The van der Waals surface area contributed by atoms with Crippen LogP contribution in [0.1, 0.15) is 16.1 Å². The molecule has 3 rings (SSSR count). The number of rotatable bonds is 5. The fourth-order valence-corrected chi connectivity index (χ4v) is 2.96. The zero-order valence-corrected chi connectivity index (χ0v) is 13.6. The predicted octanol–water partition coefficient (Wildman–Crippen LogP) is 0.0811. The van der Waals surface area contributed by atoms with Crippen LogP contribution in [0.25, 0.3) is 5.69 Å². The Hall–Kier alpha value is -2.22. The topological polar surface area (TPSA) is 87.6 Å². The maximum absolute atomic E-state index is 12.6. The molecule has 0 radical (unpaired) electrons. The second-order valence-electron chi connectivity index (χ2n) is 5.84. The number of nitrogens with two attached hydrogens (primary N) is 1. The molecule has 24 heavy (non-hydrogen) atoms. The summed E-state index contributed by atoms with van der Waals surface area (Å²) in [6, 6.07) is 9.51. The van der Waals surface area contributed by atoms with Crippen LogP contribution in [0.5, 0.6) is 0 Å². The lowest BCUT2D eigenvalue weighted by molar-refractivity contribution is 0.0609. The minimum Gasteiger partial charge on any atom is -0.395 e. The number of nitrogens with zero attached hydrogens (tertiary/aromatic N) is 4. The number of benzene rings is 1. The van der Waals surface area contributed by atoms with E-state index in [0.29, 0.717) is 31.9 Å². The van der Waals surface area contributed by atoms with Crippen LogP contribution in [0.3, 0.4) is 0 Å². The number of hydrogen-bond acceptors (Lipinski definition) is 5. The van der Waals surface area contributed by atoms with E-state index in [1.165, 1.54) is 0 Å². The lowest BCUT2D eigenvalue weighted by Crippen LogP contribution is -2.49. The van der Waals surface area contributed by atoms with Crippen molar-refractivity contribution < 1.29 is 9.90 Å². The third-order valence-corrected chi connectivity index (χ3v) is 4.34. The van der Waals surface area contributed by atoms with Crippen molar-refractivity contribution >= 4 is 5.91 Å². The number of β-amino-alcohol motifs (C(OH)–C–C–N with tert-alkyl or cyclic N) is 1. The van der Waals surface area contributed by atoms with Gasteiger partial charge in [0, 0.05) is 45.5 Å². The smallest absolute Gasteiger partial charge is 0.274 e. The SMILES string of the molecule is NCc1ccccc1-n1ccc(C(=O)N2CCN(CCO)CC2)n1. The number of hydrogen-bond donors (Lipinski definition) is 2. The van der Waals surface area contributed by atoms with Gasteiger partial charge in [-0.05, 0) is 17.7 Å². The number of piperazine rings is 1. The van der Waals surface area contributed by atoms with Gasteiger partial charge in [0.05, 0.1) is 12.3 Å². The molecule has 2 heterocycles. The first-order valence-corrected chi connectivity index (χ1v) is 8.19. The fraction of sp³-hybridized carbons (Fsp3) is 0.412. The Balaban J connectivity index is 1.70. The maximum Gasteiger partial charge on any atom is 0.274 e. The molecule has 7 heteroatoms. The van der Waals surface area contributed by atoms with Gasteiger partial charge in [0.1, 0.15) is 0 Å². The standard InChI is InChI=1S/C17H23N5O2/c18-13-14-3-1-2-4-16(14)22-6-5-15(19-22)17(24)21-9-7-20(8-10-21)11-12-23/h1-6,23H,7-13,18H2. The Labute approximate surface area is 141 Å². The third-order valence-electron chi connectivity index (χ3n) is 4.34. The highest BCUT2D eigenvalue weighted by Gasteiger charge is 2.23. The maximum atomic E-state index is 12.6. The quantitative estimate of drug-likeness (QED) is 0.811. The van der Waals surface area contributed by atoms with Crippen molar-refractivity contribution in [3.63, 3.8) is 0 Å². The molecule has 2 aromatic rings. The second-order valence-corrected chi connectivity index (χ2v) is 5.84. The van der Waals surface area contributed by atoms with Crippen molar-refractivity contribution in [2.45, 2.75) is 6.54 Å². The monoisotopic (exact) mass is 329 g/mol. The molecule has 128 valence electrons. The first-order chi connectivity index (χ1) is 11.7. The zero-order valence-electron chi connectivity index (χ0n) is 13.6. The van der Waals surface area contributed by atoms with Crippen molar-refractivity contribution in [1.29, 1.82) is 0 Å². The van der Waals surface area contributed by atoms with E-state index >= 15 is 0 Å². The summed E-state index contributed by atoms with van der Waals surface area (Å²) in [5, 5.41) is 13.4. The highest BCUT2D eigenvalue weighted by molar-refractivity contribution is 5.92. The molecule has 0 unspecified atom stereocenters. The number of carbonyl (C=O) groups is 1. The van der Waals surface area contributed by atoms with E-state index in [-0.39, 0.29) is 12.5 Å². The molecule has 0 atom stereocenters. The second kappa shape index (κ2) is 7.57. The predicted molar refractivity (Wildman–Crippen MR) is 90.9 cm³/mol. The summed E-state index contributed by atoms with van der Waals surface area (Å²) in [5.74, 6) is -0.0531. The van der Waals surface area contributed by atoms with Crippen LogP contribution in [0.4, 0.5) is 0 Å². The minimum atomic E-state index is -0.0531. The van der Waals surface area contributed by atoms with Crippen LogP contribution in [-0.4, -0.2) is 69.9 Å². The summed E-state index contributed by atoms with van der Waals surface area (Å²) in [6.07, 6.45) is 1.80. The average Bonchev–Trinajstić information content (AvgIpc) is 3.12. The molecule has 1 aromatic carbocycles. The molecule has 0 spiro atoms. The van der Waals surface area contributed by atoms with Gasteiger partial charge in [-0.15, -0.1) is 0 Å². The molecule has 0 aliphatic carbocycles. The molecular weight excluding hydrogens is 306 g/mol. The average molecular weight is 329 g/mol. The summed E-state index contributed by atoms with van der Waals surface area (Å²) in [6.45, 7) is 4.11. The van der Waals surface area contributed by atoms with Gasteiger partial charge >= 0.3 is 0 Å². The molecule has 1 aromatic heterocycles. The lowest BCUT2D eigenvalue weighted by atomic mass is 10.2. The molecule has 0 saturated carbocycles. The first-order valence-electron chi connectivity index (χ1n) is 8.19. The summed E-state index contributed by atoms with van der Waals surface area (Å²) < 4.78 is 1.71. The van der Waals surface area contributed by atoms with Crippen molar-refractivity contribution in [2.75, 3.05) is 39.3 Å². The largest absolute Gasteiger partial charge is 0.395 e. The van der Waals surface area contributed by atoms with Crippen molar-refractivity contribution in [1.82, 2.24) is 19.6 Å². The molecule has 3 N–H and O–H groups in total. The van der Waals surface area contributed by atoms with Crippen molar-refractivity contribution in [3.05, 3.63) is 47.8 Å². The van der Waals surface area contributed by atoms with Gasteiger partial charge in [-0.2, -0.15) is 5.10 Å². The number of para-hydroxylation sites is 1. The molecule has 1 amide bonds. The summed E-state index contributed by atoms with van der Waals surface area (Å²) >= 11 is 0. The molecular formula is C17H23N5O2. The number of aromatic nitrogens is 2. The van der Waals surface area contributed by atoms with Crippen LogP contribution in [0, 0.1) is 0 Å². The number of amides is 1. The third kappa shape index (κ3) is 3.48. The normalized spacial score (nSPS) is 15.7.